The summed E-state index contributed by atoms with van der Waals surface area (Å²) in [5, 5.41) is 5.55. The van der Waals surface area contributed by atoms with Crippen LogP contribution in [0.2, 0.25) is 0 Å². The van der Waals surface area contributed by atoms with Crippen LogP contribution in [0.1, 0.15) is 5.69 Å². The molecule has 0 amide bonds. The molecule has 0 atom stereocenters. The van der Waals surface area contributed by atoms with Crippen LogP contribution in [0.15, 0.2) is 53.4 Å². The highest BCUT2D eigenvalue weighted by molar-refractivity contribution is 7.89. The van der Waals surface area contributed by atoms with Crippen molar-refractivity contribution in [3.63, 3.8) is 0 Å². The van der Waals surface area contributed by atoms with Crippen LogP contribution in [-0.4, -0.2) is 67.7 Å². The second-order valence-corrected chi connectivity index (χ2v) is 9.82. The minimum atomic E-state index is -3.75. The van der Waals surface area contributed by atoms with Crippen molar-refractivity contribution >= 4 is 32.4 Å². The Kier molecular flexibility index (Phi) is 5.34. The van der Waals surface area contributed by atoms with Crippen molar-refractivity contribution in [3.05, 3.63) is 54.2 Å². The fourth-order valence-electron chi connectivity index (χ4n) is 4.26. The lowest BCUT2D eigenvalue weighted by molar-refractivity contribution is 0.370. The molecule has 10 heteroatoms. The average Bonchev–Trinajstić information content (AvgIpc) is 3.23. The first-order valence-electron chi connectivity index (χ1n) is 10.6. The number of aromatic nitrogens is 3. The van der Waals surface area contributed by atoms with Crippen molar-refractivity contribution in [2.45, 2.75) is 11.8 Å². The number of rotatable bonds is 5. The molecule has 0 N–H and O–H groups in total. The Hall–Kier alpha value is -3.37. The lowest BCUT2D eigenvalue weighted by Gasteiger charge is -2.35. The van der Waals surface area contributed by atoms with Crippen LogP contribution in [-0.2, 0) is 10.0 Å². The molecule has 1 aliphatic heterocycles. The van der Waals surface area contributed by atoms with Crippen molar-refractivity contribution in [2.75, 3.05) is 45.3 Å². The Labute approximate surface area is 192 Å². The minimum Gasteiger partial charge on any atom is -0.497 e. The number of para-hydroxylation sites is 1. The van der Waals surface area contributed by atoms with Gasteiger partial charge < -0.3 is 14.4 Å². The van der Waals surface area contributed by atoms with Gasteiger partial charge in [-0.25, -0.2) is 17.9 Å². The molecule has 2 aromatic heterocycles. The molecular weight excluding hydrogens is 442 g/mol. The van der Waals surface area contributed by atoms with E-state index in [1.54, 1.807) is 12.1 Å². The molecule has 3 heterocycles. The molecule has 0 unspecified atom stereocenters. The normalized spacial score (nSPS) is 15.3. The van der Waals surface area contributed by atoms with E-state index in [4.69, 9.17) is 14.5 Å². The van der Waals surface area contributed by atoms with Gasteiger partial charge in [0, 0.05) is 43.7 Å². The summed E-state index contributed by atoms with van der Waals surface area (Å²) in [5.74, 6) is 1.61. The van der Waals surface area contributed by atoms with Gasteiger partial charge in [-0.15, -0.1) is 0 Å². The van der Waals surface area contributed by atoms with Crippen LogP contribution < -0.4 is 14.4 Å². The summed E-state index contributed by atoms with van der Waals surface area (Å²) in [6.45, 7) is 3.65. The number of aryl methyl sites for hydroxylation is 1. The zero-order valence-corrected chi connectivity index (χ0v) is 19.5. The number of methoxy groups -OCH3 is 2. The predicted octanol–water partition coefficient (Wildman–Crippen LogP) is 2.72. The van der Waals surface area contributed by atoms with E-state index in [9.17, 15) is 8.42 Å². The van der Waals surface area contributed by atoms with Crippen molar-refractivity contribution in [1.29, 1.82) is 0 Å². The second-order valence-electron chi connectivity index (χ2n) is 7.92. The van der Waals surface area contributed by atoms with Crippen LogP contribution in [0.4, 0.5) is 5.82 Å². The summed E-state index contributed by atoms with van der Waals surface area (Å²) in [6.07, 6.45) is 0. The molecule has 0 radical (unpaired) electrons. The smallest absolute Gasteiger partial charge is 0.247 e. The second kappa shape index (κ2) is 8.20. The van der Waals surface area contributed by atoms with E-state index in [0.29, 0.717) is 37.7 Å². The van der Waals surface area contributed by atoms with Gasteiger partial charge >= 0.3 is 0 Å². The van der Waals surface area contributed by atoms with Gasteiger partial charge in [0.25, 0.3) is 0 Å². The number of ether oxygens (including phenoxy) is 2. The van der Waals surface area contributed by atoms with Gasteiger partial charge in [0.05, 0.1) is 25.4 Å². The third kappa shape index (κ3) is 3.65. The van der Waals surface area contributed by atoms with Gasteiger partial charge in [-0.1, -0.05) is 12.1 Å². The van der Waals surface area contributed by atoms with E-state index in [-0.39, 0.29) is 4.90 Å². The lowest BCUT2D eigenvalue weighted by atomic mass is 10.2. The molecule has 9 nitrogen and oxygen atoms in total. The quantitative estimate of drug-likeness (QED) is 0.446. The fourth-order valence-corrected chi connectivity index (χ4v) is 5.86. The highest BCUT2D eigenvalue weighted by atomic mass is 32.2. The number of benzene rings is 2. The molecule has 0 bridgehead atoms. The Bertz CT molecular complexity index is 1440. The predicted molar refractivity (Wildman–Crippen MR) is 126 cm³/mol. The molecule has 1 saturated heterocycles. The molecule has 0 spiro atoms. The Balaban J connectivity index is 1.46. The number of hydrogen-bond donors (Lipinski definition) is 0. The van der Waals surface area contributed by atoms with Gasteiger partial charge in [-0.3, -0.25) is 0 Å². The first-order chi connectivity index (χ1) is 15.9. The molecule has 5 rings (SSSR count). The molecule has 4 aromatic rings. The van der Waals surface area contributed by atoms with Crippen molar-refractivity contribution in [2.24, 2.45) is 0 Å². The number of piperazine rings is 1. The third-order valence-corrected chi connectivity index (χ3v) is 7.85. The Morgan fingerprint density at radius 1 is 0.939 bits per heavy atom. The topological polar surface area (TPSA) is 89.3 Å². The maximum Gasteiger partial charge on any atom is 0.247 e. The van der Waals surface area contributed by atoms with E-state index in [2.05, 4.69) is 10.00 Å². The molecule has 1 fully saturated rings. The number of fused-ring (bicyclic) bond motifs is 3. The number of nitrogens with zero attached hydrogens (tertiary/aromatic N) is 5. The van der Waals surface area contributed by atoms with Crippen molar-refractivity contribution in [3.8, 4) is 11.5 Å². The van der Waals surface area contributed by atoms with Crippen LogP contribution in [0.3, 0.4) is 0 Å². The molecule has 0 aliphatic carbocycles. The van der Waals surface area contributed by atoms with E-state index < -0.39 is 10.0 Å². The summed E-state index contributed by atoms with van der Waals surface area (Å²) in [6, 6.07) is 14.8. The van der Waals surface area contributed by atoms with Gasteiger partial charge in [0.2, 0.25) is 10.0 Å². The van der Waals surface area contributed by atoms with Crippen LogP contribution in [0.25, 0.3) is 16.6 Å². The van der Waals surface area contributed by atoms with E-state index in [1.807, 2.05) is 41.8 Å². The highest BCUT2D eigenvalue weighted by Gasteiger charge is 2.32. The number of hydrogen-bond acceptors (Lipinski definition) is 7. The van der Waals surface area contributed by atoms with Gasteiger partial charge in [-0.2, -0.15) is 9.40 Å². The maximum absolute atomic E-state index is 13.4. The molecule has 33 heavy (non-hydrogen) atoms. The number of sulfonamides is 1. The lowest BCUT2D eigenvalue weighted by Crippen LogP contribution is -2.49. The third-order valence-electron chi connectivity index (χ3n) is 5.93. The van der Waals surface area contributed by atoms with E-state index in [0.717, 1.165) is 28.1 Å². The molecular formula is C23H25N5O4S. The average molecular weight is 468 g/mol. The van der Waals surface area contributed by atoms with Gasteiger partial charge in [0.1, 0.15) is 22.2 Å². The molecule has 172 valence electrons. The zero-order valence-electron chi connectivity index (χ0n) is 18.7. The minimum absolute atomic E-state index is 0.109. The summed E-state index contributed by atoms with van der Waals surface area (Å²) >= 11 is 0. The standard InChI is InChI=1S/C23H25N5O4S/c1-16-14-22-24-23(18-6-4-5-7-19(18)28(22)25-16)26-10-12-27(13-11-26)33(29,30)21-15-17(31-2)8-9-20(21)32-3/h4-9,14-15H,10-13H2,1-3H3. The first kappa shape index (κ1) is 21.5. The summed E-state index contributed by atoms with van der Waals surface area (Å²) in [5.41, 5.74) is 2.65. The number of anilines is 1. The molecule has 1 aliphatic rings. The first-order valence-corrected chi connectivity index (χ1v) is 12.1. The van der Waals surface area contributed by atoms with Crippen LogP contribution in [0.5, 0.6) is 11.5 Å². The monoisotopic (exact) mass is 467 g/mol. The van der Waals surface area contributed by atoms with Crippen LogP contribution >= 0.6 is 0 Å². The van der Waals surface area contributed by atoms with Crippen molar-refractivity contribution < 1.29 is 17.9 Å². The summed E-state index contributed by atoms with van der Waals surface area (Å²) in [4.78, 5) is 7.11. The Morgan fingerprint density at radius 3 is 2.42 bits per heavy atom. The van der Waals surface area contributed by atoms with E-state index in [1.165, 1.54) is 24.6 Å². The summed E-state index contributed by atoms with van der Waals surface area (Å²) in [7, 11) is -0.780. The highest BCUT2D eigenvalue weighted by Crippen LogP contribution is 2.32. The zero-order chi connectivity index (χ0) is 23.2. The summed E-state index contributed by atoms with van der Waals surface area (Å²) < 4.78 is 40.7. The molecule has 2 aromatic carbocycles. The largest absolute Gasteiger partial charge is 0.497 e. The van der Waals surface area contributed by atoms with E-state index >= 15 is 0 Å². The van der Waals surface area contributed by atoms with Crippen molar-refractivity contribution in [1.82, 2.24) is 18.9 Å². The van der Waals surface area contributed by atoms with Gasteiger partial charge in [-0.05, 0) is 31.2 Å². The fraction of sp³-hybridized carbons (Fsp3) is 0.304. The van der Waals surface area contributed by atoms with Gasteiger partial charge in [0.15, 0.2) is 5.65 Å². The Morgan fingerprint density at radius 2 is 1.70 bits per heavy atom. The molecule has 0 saturated carbocycles. The SMILES string of the molecule is COc1ccc(OC)c(S(=O)(=O)N2CCN(c3nc4cc(C)nn4c4ccccc34)CC2)c1. The maximum atomic E-state index is 13.4. The van der Waals surface area contributed by atoms with Crippen LogP contribution in [0, 0.1) is 6.92 Å².